The van der Waals surface area contributed by atoms with Gasteiger partial charge in [0.25, 0.3) is 0 Å². The Morgan fingerprint density at radius 2 is 1.94 bits per heavy atom. The first-order valence-corrected chi connectivity index (χ1v) is 11.9. The average Bonchev–Trinajstić information content (AvgIpc) is 3.31. The maximum atomic E-state index is 12.9. The summed E-state index contributed by atoms with van der Waals surface area (Å²) in [5.41, 5.74) is 0.647. The number of ether oxygens (including phenoxy) is 3. The predicted octanol–water partition coefficient (Wildman–Crippen LogP) is 3.31. The Morgan fingerprint density at radius 1 is 1.13 bits per heavy atom. The lowest BCUT2D eigenvalue weighted by atomic mass is 10.2. The van der Waals surface area contributed by atoms with Crippen molar-refractivity contribution in [2.75, 3.05) is 26.3 Å². The highest BCUT2D eigenvalue weighted by atomic mass is 32.2. The van der Waals surface area contributed by atoms with Crippen molar-refractivity contribution < 1.29 is 27.4 Å². The molecule has 0 bridgehead atoms. The Hall–Kier alpha value is -2.79. The number of hydrogen-bond acceptors (Lipinski definition) is 8. The third kappa shape index (κ3) is 4.93. The lowest BCUT2D eigenvalue weighted by Crippen LogP contribution is -2.40. The van der Waals surface area contributed by atoms with Crippen LogP contribution in [-0.4, -0.2) is 50.0 Å². The molecular formula is C21H20N2O6S2. The highest BCUT2D eigenvalue weighted by Gasteiger charge is 2.31. The minimum atomic E-state index is -3.79. The van der Waals surface area contributed by atoms with Crippen LogP contribution in [0.4, 0.5) is 0 Å². The van der Waals surface area contributed by atoms with Gasteiger partial charge in [0.1, 0.15) is 27.9 Å². The Bertz CT molecular complexity index is 1140. The number of para-hydroxylation sites is 1. The molecule has 0 N–H and O–H groups in total. The molecule has 1 aliphatic heterocycles. The largest absolute Gasteiger partial charge is 0.456 e. The molecule has 3 aromatic rings. The fourth-order valence-corrected chi connectivity index (χ4v) is 5.73. The number of nitrogens with zero attached hydrogens (tertiary/aromatic N) is 2. The van der Waals surface area contributed by atoms with Gasteiger partial charge in [-0.05, 0) is 29.6 Å². The van der Waals surface area contributed by atoms with E-state index in [0.717, 1.165) is 11.3 Å². The SMILES string of the molecule is O=C(OCc1ccccc1Oc1cccnc1)c1sccc1S(=O)(=O)N1CCOCC1. The minimum absolute atomic E-state index is 0.0377. The van der Waals surface area contributed by atoms with E-state index in [1.54, 1.807) is 48.1 Å². The molecule has 10 heteroatoms. The number of carbonyl (C=O) groups is 1. The second kappa shape index (κ2) is 9.56. The number of carbonyl (C=O) groups excluding carboxylic acids is 1. The Kier molecular flexibility index (Phi) is 6.62. The lowest BCUT2D eigenvalue weighted by molar-refractivity contribution is 0.0471. The summed E-state index contributed by atoms with van der Waals surface area (Å²) in [5.74, 6) is 0.382. The van der Waals surface area contributed by atoms with Crippen LogP contribution in [-0.2, 0) is 26.1 Å². The fourth-order valence-electron chi connectivity index (χ4n) is 3.04. The maximum absolute atomic E-state index is 12.9. The van der Waals surface area contributed by atoms with E-state index in [-0.39, 0.29) is 29.5 Å². The zero-order valence-corrected chi connectivity index (χ0v) is 18.1. The van der Waals surface area contributed by atoms with Gasteiger partial charge in [0.05, 0.1) is 19.4 Å². The van der Waals surface area contributed by atoms with Crippen molar-refractivity contribution >= 4 is 27.3 Å². The molecule has 0 radical (unpaired) electrons. The molecule has 4 rings (SSSR count). The predicted molar refractivity (Wildman–Crippen MR) is 114 cm³/mol. The van der Waals surface area contributed by atoms with Crippen molar-refractivity contribution in [3.8, 4) is 11.5 Å². The van der Waals surface area contributed by atoms with E-state index in [0.29, 0.717) is 30.3 Å². The molecule has 2 aromatic heterocycles. The summed E-state index contributed by atoms with van der Waals surface area (Å²) in [6.07, 6.45) is 3.22. The van der Waals surface area contributed by atoms with Gasteiger partial charge in [0.15, 0.2) is 0 Å². The first kappa shape index (κ1) is 21.4. The molecule has 0 amide bonds. The van der Waals surface area contributed by atoms with Gasteiger partial charge in [-0.3, -0.25) is 4.98 Å². The molecule has 0 spiro atoms. The smallest absolute Gasteiger partial charge is 0.350 e. The first-order valence-electron chi connectivity index (χ1n) is 9.54. The quantitative estimate of drug-likeness (QED) is 0.499. The summed E-state index contributed by atoms with van der Waals surface area (Å²) in [4.78, 5) is 16.8. The van der Waals surface area contributed by atoms with Gasteiger partial charge in [0, 0.05) is 24.8 Å². The van der Waals surface area contributed by atoms with Crippen molar-refractivity contribution in [1.82, 2.24) is 9.29 Å². The van der Waals surface area contributed by atoms with Crippen molar-refractivity contribution in [3.05, 3.63) is 70.7 Å². The van der Waals surface area contributed by atoms with Gasteiger partial charge in [-0.15, -0.1) is 11.3 Å². The van der Waals surface area contributed by atoms with Gasteiger partial charge in [-0.1, -0.05) is 18.2 Å². The standard InChI is InChI=1S/C21H20N2O6S2/c24-21(20-19(7-13-30-20)31(25,26)23-9-11-27-12-10-23)28-15-16-4-1-2-6-18(16)29-17-5-3-8-22-14-17/h1-8,13-14H,9-12,15H2. The molecule has 1 fully saturated rings. The van der Waals surface area contributed by atoms with Gasteiger partial charge in [-0.2, -0.15) is 4.31 Å². The Morgan fingerprint density at radius 3 is 2.71 bits per heavy atom. The molecule has 8 nitrogen and oxygen atoms in total. The molecule has 1 saturated heterocycles. The highest BCUT2D eigenvalue weighted by molar-refractivity contribution is 7.89. The third-order valence-corrected chi connectivity index (χ3v) is 7.56. The van der Waals surface area contributed by atoms with E-state index in [1.807, 2.05) is 6.07 Å². The third-order valence-electron chi connectivity index (χ3n) is 4.60. The second-order valence-electron chi connectivity index (χ2n) is 6.61. The summed E-state index contributed by atoms with van der Waals surface area (Å²) in [6.45, 7) is 1.11. The van der Waals surface area contributed by atoms with Crippen LogP contribution in [0.3, 0.4) is 0 Å². The molecule has 0 unspecified atom stereocenters. The molecule has 31 heavy (non-hydrogen) atoms. The van der Waals surface area contributed by atoms with E-state index in [1.165, 1.54) is 10.4 Å². The summed E-state index contributed by atoms with van der Waals surface area (Å²) in [5, 5.41) is 1.57. The Labute approximate surface area is 184 Å². The van der Waals surface area contributed by atoms with Crippen molar-refractivity contribution in [3.63, 3.8) is 0 Å². The molecule has 0 aliphatic carbocycles. The van der Waals surface area contributed by atoms with Gasteiger partial charge >= 0.3 is 5.97 Å². The van der Waals surface area contributed by atoms with Crippen LogP contribution in [0.2, 0.25) is 0 Å². The molecule has 0 atom stereocenters. The van der Waals surface area contributed by atoms with Crippen LogP contribution in [0.1, 0.15) is 15.2 Å². The Balaban J connectivity index is 1.48. The molecule has 3 heterocycles. The molecule has 162 valence electrons. The number of benzene rings is 1. The van der Waals surface area contributed by atoms with E-state index < -0.39 is 16.0 Å². The van der Waals surface area contributed by atoms with Gasteiger partial charge in [-0.25, -0.2) is 13.2 Å². The van der Waals surface area contributed by atoms with Crippen LogP contribution in [0.15, 0.2) is 65.1 Å². The summed E-state index contributed by atoms with van der Waals surface area (Å²) < 4.78 is 43.7. The van der Waals surface area contributed by atoms with Crippen molar-refractivity contribution in [2.45, 2.75) is 11.5 Å². The van der Waals surface area contributed by atoms with E-state index >= 15 is 0 Å². The number of pyridine rings is 1. The lowest BCUT2D eigenvalue weighted by Gasteiger charge is -2.25. The van der Waals surface area contributed by atoms with E-state index in [4.69, 9.17) is 14.2 Å². The van der Waals surface area contributed by atoms with Crippen LogP contribution < -0.4 is 4.74 Å². The topological polar surface area (TPSA) is 95.0 Å². The number of thiophene rings is 1. The number of hydrogen-bond donors (Lipinski definition) is 0. The fraction of sp³-hybridized carbons (Fsp3) is 0.238. The normalized spacial score (nSPS) is 14.8. The second-order valence-corrected chi connectivity index (χ2v) is 9.43. The van der Waals surface area contributed by atoms with E-state index in [2.05, 4.69) is 4.98 Å². The van der Waals surface area contributed by atoms with Gasteiger partial charge < -0.3 is 14.2 Å². The van der Waals surface area contributed by atoms with Crippen LogP contribution in [0, 0.1) is 0 Å². The first-order chi connectivity index (χ1) is 15.1. The highest BCUT2D eigenvalue weighted by Crippen LogP contribution is 2.29. The van der Waals surface area contributed by atoms with Crippen molar-refractivity contribution in [2.24, 2.45) is 0 Å². The number of sulfonamides is 1. The van der Waals surface area contributed by atoms with Crippen LogP contribution in [0.25, 0.3) is 0 Å². The summed E-state index contributed by atoms with van der Waals surface area (Å²) in [7, 11) is -3.79. The number of esters is 1. The summed E-state index contributed by atoms with van der Waals surface area (Å²) in [6, 6.07) is 12.1. The number of morpholine rings is 1. The maximum Gasteiger partial charge on any atom is 0.350 e. The average molecular weight is 461 g/mol. The number of aromatic nitrogens is 1. The monoisotopic (exact) mass is 460 g/mol. The minimum Gasteiger partial charge on any atom is -0.456 e. The summed E-state index contributed by atoms with van der Waals surface area (Å²) >= 11 is 1.04. The van der Waals surface area contributed by atoms with Crippen LogP contribution in [0.5, 0.6) is 11.5 Å². The molecule has 1 aromatic carbocycles. The number of rotatable bonds is 7. The van der Waals surface area contributed by atoms with Gasteiger partial charge in [0.2, 0.25) is 10.0 Å². The van der Waals surface area contributed by atoms with Crippen molar-refractivity contribution in [1.29, 1.82) is 0 Å². The zero-order chi connectivity index (χ0) is 21.7. The zero-order valence-electron chi connectivity index (χ0n) is 16.5. The van der Waals surface area contributed by atoms with E-state index in [9.17, 15) is 13.2 Å². The molecule has 0 saturated carbocycles. The molecular weight excluding hydrogens is 440 g/mol. The molecule has 1 aliphatic rings. The van der Waals surface area contributed by atoms with Crippen LogP contribution >= 0.6 is 11.3 Å².